The number of para-hydroxylation sites is 1. The molecule has 0 bridgehead atoms. The molecule has 4 rings (SSSR count). The molecule has 106 valence electrons. The van der Waals surface area contributed by atoms with Crippen molar-refractivity contribution in [3.05, 3.63) is 48.4 Å². The van der Waals surface area contributed by atoms with E-state index in [9.17, 15) is 4.79 Å². The highest BCUT2D eigenvalue weighted by Crippen LogP contribution is 2.25. The standard InChI is InChI=1S/C15H15N5O/c1-18-13-6-3-2-5-12(13)14(17-18)15(21)19-9-11(10-19)20-8-4-7-16-20/h2-8,11H,9-10H2,1H3. The Kier molecular flexibility index (Phi) is 2.57. The first kappa shape index (κ1) is 12.1. The highest BCUT2D eigenvalue weighted by Gasteiger charge is 2.34. The van der Waals surface area contributed by atoms with Gasteiger partial charge in [0.25, 0.3) is 5.91 Å². The summed E-state index contributed by atoms with van der Waals surface area (Å²) in [4.78, 5) is 14.4. The monoisotopic (exact) mass is 281 g/mol. The van der Waals surface area contributed by atoms with Gasteiger partial charge in [-0.1, -0.05) is 18.2 Å². The third-order valence-corrected chi connectivity index (χ3v) is 4.01. The summed E-state index contributed by atoms with van der Waals surface area (Å²) in [7, 11) is 1.86. The molecule has 0 aliphatic carbocycles. The number of fused-ring (bicyclic) bond motifs is 1. The van der Waals surface area contributed by atoms with Crippen LogP contribution < -0.4 is 0 Å². The van der Waals surface area contributed by atoms with Gasteiger partial charge in [0.15, 0.2) is 5.69 Å². The van der Waals surface area contributed by atoms with Crippen LogP contribution in [0.3, 0.4) is 0 Å². The minimum atomic E-state index is -0.00444. The molecular weight excluding hydrogens is 266 g/mol. The average molecular weight is 281 g/mol. The molecule has 0 unspecified atom stereocenters. The van der Waals surface area contributed by atoms with Crippen molar-refractivity contribution in [2.75, 3.05) is 13.1 Å². The van der Waals surface area contributed by atoms with Gasteiger partial charge < -0.3 is 4.90 Å². The summed E-state index contributed by atoms with van der Waals surface area (Å²) in [6, 6.07) is 9.98. The van der Waals surface area contributed by atoms with E-state index in [1.807, 2.05) is 53.2 Å². The Bertz CT molecular complexity index is 799. The van der Waals surface area contributed by atoms with Crippen LogP contribution in [0.25, 0.3) is 10.9 Å². The van der Waals surface area contributed by atoms with Crippen molar-refractivity contribution in [3.8, 4) is 0 Å². The highest BCUT2D eigenvalue weighted by atomic mass is 16.2. The van der Waals surface area contributed by atoms with Gasteiger partial charge in [0.1, 0.15) is 0 Å². The van der Waals surface area contributed by atoms with Crippen molar-refractivity contribution in [1.29, 1.82) is 0 Å². The van der Waals surface area contributed by atoms with E-state index in [2.05, 4.69) is 10.2 Å². The van der Waals surface area contributed by atoms with Crippen LogP contribution in [0.1, 0.15) is 16.5 Å². The van der Waals surface area contributed by atoms with Gasteiger partial charge in [0.05, 0.1) is 11.6 Å². The van der Waals surface area contributed by atoms with Gasteiger partial charge in [0.2, 0.25) is 0 Å². The van der Waals surface area contributed by atoms with Crippen LogP contribution in [-0.4, -0.2) is 43.5 Å². The molecule has 1 saturated heterocycles. The number of carbonyl (C=O) groups is 1. The lowest BCUT2D eigenvalue weighted by Crippen LogP contribution is -2.51. The van der Waals surface area contributed by atoms with E-state index in [0.29, 0.717) is 18.8 Å². The first-order valence-electron chi connectivity index (χ1n) is 6.94. The number of aryl methyl sites for hydroxylation is 1. The van der Waals surface area contributed by atoms with Gasteiger partial charge in [-0.3, -0.25) is 14.2 Å². The molecule has 1 aromatic carbocycles. The Morgan fingerprint density at radius 2 is 2.05 bits per heavy atom. The summed E-state index contributed by atoms with van der Waals surface area (Å²) >= 11 is 0. The van der Waals surface area contributed by atoms with Crippen LogP contribution in [0, 0.1) is 0 Å². The fourth-order valence-electron chi connectivity index (χ4n) is 2.81. The van der Waals surface area contributed by atoms with Crippen molar-refractivity contribution in [3.63, 3.8) is 0 Å². The maximum atomic E-state index is 12.6. The molecule has 1 amide bonds. The minimum absolute atomic E-state index is 0.00444. The topological polar surface area (TPSA) is 56.0 Å². The summed E-state index contributed by atoms with van der Waals surface area (Å²) in [6.07, 6.45) is 3.69. The molecular formula is C15H15N5O. The Morgan fingerprint density at radius 1 is 1.24 bits per heavy atom. The fourth-order valence-corrected chi connectivity index (χ4v) is 2.81. The van der Waals surface area contributed by atoms with Crippen LogP contribution in [0.5, 0.6) is 0 Å². The molecule has 2 aromatic heterocycles. The van der Waals surface area contributed by atoms with Gasteiger partial charge in [-0.15, -0.1) is 0 Å². The molecule has 21 heavy (non-hydrogen) atoms. The Hall–Kier alpha value is -2.63. The van der Waals surface area contributed by atoms with E-state index in [1.165, 1.54) is 0 Å². The Labute approximate surface area is 121 Å². The predicted molar refractivity (Wildman–Crippen MR) is 77.9 cm³/mol. The number of hydrogen-bond acceptors (Lipinski definition) is 3. The van der Waals surface area contributed by atoms with Gasteiger partial charge in [0, 0.05) is 37.9 Å². The molecule has 3 heterocycles. The molecule has 0 atom stereocenters. The number of hydrogen-bond donors (Lipinski definition) is 0. The molecule has 0 saturated carbocycles. The van der Waals surface area contributed by atoms with Gasteiger partial charge in [-0.2, -0.15) is 10.2 Å². The van der Waals surface area contributed by atoms with Gasteiger partial charge >= 0.3 is 0 Å². The molecule has 3 aromatic rings. The lowest BCUT2D eigenvalue weighted by Gasteiger charge is -2.38. The quantitative estimate of drug-likeness (QED) is 0.714. The van der Waals surface area contributed by atoms with Gasteiger partial charge in [-0.25, -0.2) is 0 Å². The Morgan fingerprint density at radius 3 is 2.81 bits per heavy atom. The summed E-state index contributed by atoms with van der Waals surface area (Å²) in [6.45, 7) is 1.37. The lowest BCUT2D eigenvalue weighted by atomic mass is 10.1. The van der Waals surface area contributed by atoms with Crippen LogP contribution in [0.15, 0.2) is 42.7 Å². The summed E-state index contributed by atoms with van der Waals surface area (Å²) in [5.74, 6) is -0.00444. The maximum absolute atomic E-state index is 12.6. The number of benzene rings is 1. The maximum Gasteiger partial charge on any atom is 0.275 e. The van der Waals surface area contributed by atoms with Gasteiger partial charge in [-0.05, 0) is 12.1 Å². The molecule has 6 nitrogen and oxygen atoms in total. The second-order valence-corrected chi connectivity index (χ2v) is 5.34. The number of rotatable bonds is 2. The molecule has 1 aliphatic heterocycles. The number of aromatic nitrogens is 4. The van der Waals surface area contributed by atoms with Crippen LogP contribution in [-0.2, 0) is 7.05 Å². The van der Waals surface area contributed by atoms with E-state index in [1.54, 1.807) is 10.9 Å². The van der Waals surface area contributed by atoms with Crippen LogP contribution in [0.4, 0.5) is 0 Å². The smallest absolute Gasteiger partial charge is 0.275 e. The number of nitrogens with zero attached hydrogens (tertiary/aromatic N) is 5. The minimum Gasteiger partial charge on any atom is -0.333 e. The number of likely N-dealkylation sites (tertiary alicyclic amines) is 1. The normalized spacial score (nSPS) is 15.4. The molecule has 1 aliphatic rings. The summed E-state index contributed by atoms with van der Waals surface area (Å²) < 4.78 is 3.66. The van der Waals surface area contributed by atoms with Crippen LogP contribution >= 0.6 is 0 Å². The summed E-state index contributed by atoms with van der Waals surface area (Å²) in [5, 5.41) is 9.51. The van der Waals surface area contributed by atoms with Crippen molar-refractivity contribution < 1.29 is 4.79 Å². The first-order valence-corrected chi connectivity index (χ1v) is 6.94. The first-order chi connectivity index (χ1) is 10.2. The largest absolute Gasteiger partial charge is 0.333 e. The zero-order valence-corrected chi connectivity index (χ0v) is 11.7. The molecule has 0 N–H and O–H groups in total. The zero-order valence-electron chi connectivity index (χ0n) is 11.7. The number of carbonyl (C=O) groups excluding carboxylic acids is 1. The van der Waals surface area contributed by atoms with E-state index in [4.69, 9.17) is 0 Å². The molecule has 0 spiro atoms. The third kappa shape index (κ3) is 1.83. The second-order valence-electron chi connectivity index (χ2n) is 5.34. The average Bonchev–Trinajstić information content (AvgIpc) is 3.06. The van der Waals surface area contributed by atoms with Crippen molar-refractivity contribution in [2.24, 2.45) is 7.05 Å². The zero-order chi connectivity index (χ0) is 14.4. The lowest BCUT2D eigenvalue weighted by molar-refractivity contribution is 0.0496. The SMILES string of the molecule is Cn1nc(C(=O)N2CC(n3cccn3)C2)c2ccccc21. The summed E-state index contributed by atoms with van der Waals surface area (Å²) in [5.41, 5.74) is 1.51. The highest BCUT2D eigenvalue weighted by molar-refractivity contribution is 6.05. The molecule has 0 radical (unpaired) electrons. The van der Waals surface area contributed by atoms with E-state index < -0.39 is 0 Å². The molecule has 6 heteroatoms. The van der Waals surface area contributed by atoms with Crippen LogP contribution in [0.2, 0.25) is 0 Å². The van der Waals surface area contributed by atoms with Crippen molar-refractivity contribution in [2.45, 2.75) is 6.04 Å². The van der Waals surface area contributed by atoms with E-state index >= 15 is 0 Å². The van der Waals surface area contributed by atoms with E-state index in [-0.39, 0.29) is 11.9 Å². The number of amides is 1. The van der Waals surface area contributed by atoms with Crippen molar-refractivity contribution in [1.82, 2.24) is 24.5 Å². The predicted octanol–water partition coefficient (Wildman–Crippen LogP) is 1.47. The third-order valence-electron chi connectivity index (χ3n) is 4.01. The Balaban J connectivity index is 1.58. The fraction of sp³-hybridized carbons (Fsp3) is 0.267. The molecule has 1 fully saturated rings. The second kappa shape index (κ2) is 4.44. The van der Waals surface area contributed by atoms with E-state index in [0.717, 1.165) is 10.9 Å². The van der Waals surface area contributed by atoms with Crippen molar-refractivity contribution >= 4 is 16.8 Å².